The molecule has 4 rings (SSSR count). The first-order valence-electron chi connectivity index (χ1n) is 11.6. The molecule has 2 aromatic rings. The van der Waals surface area contributed by atoms with Crippen molar-refractivity contribution in [2.24, 2.45) is 10.9 Å². The number of aliphatic imine (C=N–C) groups is 1. The molecular formula is C24H32N6O3. The van der Waals surface area contributed by atoms with E-state index in [0.29, 0.717) is 24.1 Å². The summed E-state index contributed by atoms with van der Waals surface area (Å²) in [7, 11) is 0. The second-order valence-corrected chi connectivity index (χ2v) is 8.23. The maximum Gasteiger partial charge on any atom is 0.185 e. The summed E-state index contributed by atoms with van der Waals surface area (Å²) >= 11 is 0. The molecule has 2 N–H and O–H groups in total. The number of amidine groups is 1. The Morgan fingerprint density at radius 1 is 1.09 bits per heavy atom. The Morgan fingerprint density at radius 2 is 1.85 bits per heavy atom. The van der Waals surface area contributed by atoms with E-state index in [4.69, 9.17) is 14.5 Å². The predicted octanol–water partition coefficient (Wildman–Crippen LogP) is 2.32. The number of rotatable bonds is 9. The van der Waals surface area contributed by atoms with Gasteiger partial charge in [-0.2, -0.15) is 0 Å². The number of aldehydes is 1. The summed E-state index contributed by atoms with van der Waals surface area (Å²) in [4.78, 5) is 27.4. The highest BCUT2D eigenvalue weighted by molar-refractivity contribution is 6.33. The van der Waals surface area contributed by atoms with Gasteiger partial charge in [-0.25, -0.2) is 4.98 Å². The van der Waals surface area contributed by atoms with Crippen LogP contribution in [-0.4, -0.2) is 86.1 Å². The lowest BCUT2D eigenvalue weighted by molar-refractivity contribution is -0.102. The van der Waals surface area contributed by atoms with Gasteiger partial charge in [0.1, 0.15) is 0 Å². The van der Waals surface area contributed by atoms with Crippen LogP contribution in [0.25, 0.3) is 11.3 Å². The highest BCUT2D eigenvalue weighted by Crippen LogP contribution is 2.26. The molecule has 2 saturated heterocycles. The van der Waals surface area contributed by atoms with Gasteiger partial charge in [-0.1, -0.05) is 0 Å². The van der Waals surface area contributed by atoms with Gasteiger partial charge in [0, 0.05) is 57.3 Å². The van der Waals surface area contributed by atoms with Crippen molar-refractivity contribution in [3.05, 3.63) is 36.7 Å². The molecule has 9 heteroatoms. The number of hydrogen-bond donors (Lipinski definition) is 2. The SMILES string of the molecule is O=CC(=NCCN1CCOCC1)Nc1ccc(-c2ccncc2)nc1NCC1CCOCC1. The van der Waals surface area contributed by atoms with E-state index in [1.54, 1.807) is 12.4 Å². The highest BCUT2D eigenvalue weighted by atomic mass is 16.5. The van der Waals surface area contributed by atoms with Gasteiger partial charge in [0.25, 0.3) is 0 Å². The van der Waals surface area contributed by atoms with E-state index in [1.807, 2.05) is 24.3 Å². The standard InChI is InChI=1S/C24H32N6O3/c31-18-23(26-9-10-30-11-15-33-16-12-30)28-22-2-1-21(20-3-7-25-8-4-20)29-24(22)27-17-19-5-13-32-14-6-19/h1-4,7-8,18-19H,5-6,9-17H2,(H,26,28)(H,27,29). The summed E-state index contributed by atoms with van der Waals surface area (Å²) in [6.07, 6.45) is 6.33. The van der Waals surface area contributed by atoms with E-state index in [0.717, 1.165) is 88.7 Å². The molecule has 2 fully saturated rings. The van der Waals surface area contributed by atoms with E-state index >= 15 is 0 Å². The average Bonchev–Trinajstić information content (AvgIpc) is 2.89. The zero-order valence-electron chi connectivity index (χ0n) is 18.9. The van der Waals surface area contributed by atoms with Crippen LogP contribution in [0.15, 0.2) is 41.7 Å². The van der Waals surface area contributed by atoms with Crippen molar-refractivity contribution in [3.63, 3.8) is 0 Å². The van der Waals surface area contributed by atoms with Crippen LogP contribution in [0.5, 0.6) is 0 Å². The van der Waals surface area contributed by atoms with Crippen molar-refractivity contribution in [2.75, 3.05) is 69.8 Å². The van der Waals surface area contributed by atoms with Crippen molar-refractivity contribution in [2.45, 2.75) is 12.8 Å². The molecule has 0 amide bonds. The average molecular weight is 453 g/mol. The Labute approximate surface area is 194 Å². The van der Waals surface area contributed by atoms with Crippen LogP contribution >= 0.6 is 0 Å². The normalized spacial score (nSPS) is 18.1. The molecule has 0 unspecified atom stereocenters. The van der Waals surface area contributed by atoms with Crippen LogP contribution in [0.3, 0.4) is 0 Å². The minimum atomic E-state index is 0.302. The molecule has 0 radical (unpaired) electrons. The summed E-state index contributed by atoms with van der Waals surface area (Å²) in [5.41, 5.74) is 2.56. The van der Waals surface area contributed by atoms with Crippen molar-refractivity contribution in [1.29, 1.82) is 0 Å². The second-order valence-electron chi connectivity index (χ2n) is 8.23. The molecule has 2 aliphatic heterocycles. The minimum absolute atomic E-state index is 0.302. The highest BCUT2D eigenvalue weighted by Gasteiger charge is 2.16. The molecule has 2 aliphatic rings. The summed E-state index contributed by atoms with van der Waals surface area (Å²) in [6, 6.07) is 7.74. The third-order valence-corrected chi connectivity index (χ3v) is 5.95. The maximum absolute atomic E-state index is 11.7. The van der Waals surface area contributed by atoms with Crippen molar-refractivity contribution < 1.29 is 14.3 Å². The summed E-state index contributed by atoms with van der Waals surface area (Å²) in [5.74, 6) is 1.54. The fourth-order valence-electron chi connectivity index (χ4n) is 3.95. The largest absolute Gasteiger partial charge is 0.381 e. The van der Waals surface area contributed by atoms with Gasteiger partial charge in [0.2, 0.25) is 0 Å². The number of carbonyl (C=O) groups excluding carboxylic acids is 1. The smallest absolute Gasteiger partial charge is 0.185 e. The predicted molar refractivity (Wildman–Crippen MR) is 129 cm³/mol. The second kappa shape index (κ2) is 12.4. The minimum Gasteiger partial charge on any atom is -0.381 e. The molecule has 176 valence electrons. The molecule has 2 aromatic heterocycles. The van der Waals surface area contributed by atoms with Gasteiger partial charge in [-0.05, 0) is 43.0 Å². The van der Waals surface area contributed by atoms with Gasteiger partial charge in [-0.15, -0.1) is 0 Å². The first-order valence-corrected chi connectivity index (χ1v) is 11.6. The summed E-state index contributed by atoms with van der Waals surface area (Å²) in [6.45, 7) is 7.06. The van der Waals surface area contributed by atoms with Crippen molar-refractivity contribution >= 4 is 23.6 Å². The number of nitrogens with zero attached hydrogens (tertiary/aromatic N) is 4. The van der Waals surface area contributed by atoms with Crippen molar-refractivity contribution in [3.8, 4) is 11.3 Å². The van der Waals surface area contributed by atoms with E-state index in [1.165, 1.54) is 0 Å². The fourth-order valence-corrected chi connectivity index (χ4v) is 3.95. The van der Waals surface area contributed by atoms with Crippen molar-refractivity contribution in [1.82, 2.24) is 14.9 Å². The maximum atomic E-state index is 11.7. The van der Waals surface area contributed by atoms with Crippen LogP contribution in [0, 0.1) is 5.92 Å². The molecule has 0 atom stereocenters. The van der Waals surface area contributed by atoms with E-state index in [-0.39, 0.29) is 0 Å². The number of carbonyl (C=O) groups is 1. The molecule has 0 spiro atoms. The summed E-state index contributed by atoms with van der Waals surface area (Å²) < 4.78 is 10.9. The number of pyridine rings is 2. The zero-order chi connectivity index (χ0) is 22.7. The monoisotopic (exact) mass is 452 g/mol. The lowest BCUT2D eigenvalue weighted by atomic mass is 10.0. The van der Waals surface area contributed by atoms with Crippen LogP contribution in [0.1, 0.15) is 12.8 Å². The molecule has 4 heterocycles. The Hall–Kier alpha value is -2.88. The molecule has 0 saturated carbocycles. The quantitative estimate of drug-likeness (QED) is 0.340. The Bertz CT molecular complexity index is 912. The van der Waals surface area contributed by atoms with Crippen LogP contribution < -0.4 is 10.6 Å². The number of morpholine rings is 1. The van der Waals surface area contributed by atoms with Gasteiger partial charge < -0.3 is 20.1 Å². The molecule has 0 aromatic carbocycles. The molecule has 9 nitrogen and oxygen atoms in total. The van der Waals surface area contributed by atoms with Gasteiger partial charge in [-0.3, -0.25) is 19.7 Å². The number of hydrogen-bond acceptors (Lipinski definition) is 8. The molecule has 33 heavy (non-hydrogen) atoms. The first-order chi connectivity index (χ1) is 16.3. The third kappa shape index (κ3) is 7.05. The lowest BCUT2D eigenvalue weighted by Crippen LogP contribution is -2.38. The van der Waals surface area contributed by atoms with Crippen LogP contribution in [0.2, 0.25) is 0 Å². The topological polar surface area (TPSA) is 101 Å². The molecule has 0 aliphatic carbocycles. The first kappa shape index (κ1) is 23.3. The Balaban J connectivity index is 1.46. The number of anilines is 2. The molecule has 0 bridgehead atoms. The third-order valence-electron chi connectivity index (χ3n) is 5.95. The Kier molecular flexibility index (Phi) is 8.74. The van der Waals surface area contributed by atoms with Gasteiger partial charge in [0.15, 0.2) is 17.9 Å². The van der Waals surface area contributed by atoms with Crippen LogP contribution in [0.4, 0.5) is 11.5 Å². The summed E-state index contributed by atoms with van der Waals surface area (Å²) in [5, 5.41) is 6.67. The molecular weight excluding hydrogens is 420 g/mol. The van der Waals surface area contributed by atoms with Gasteiger partial charge in [0.05, 0.1) is 31.1 Å². The number of ether oxygens (including phenoxy) is 2. The fraction of sp³-hybridized carbons (Fsp3) is 0.500. The number of aromatic nitrogens is 2. The van der Waals surface area contributed by atoms with Crippen LogP contribution in [-0.2, 0) is 14.3 Å². The van der Waals surface area contributed by atoms with E-state index in [9.17, 15) is 4.79 Å². The van der Waals surface area contributed by atoms with E-state index in [2.05, 4.69) is 25.5 Å². The van der Waals surface area contributed by atoms with Gasteiger partial charge >= 0.3 is 0 Å². The zero-order valence-corrected chi connectivity index (χ0v) is 18.9. The Morgan fingerprint density at radius 3 is 2.61 bits per heavy atom. The lowest BCUT2D eigenvalue weighted by Gasteiger charge is -2.25. The van der Waals surface area contributed by atoms with E-state index < -0.39 is 0 Å². The number of nitrogens with one attached hydrogen (secondary N) is 2.